The van der Waals surface area contributed by atoms with Gasteiger partial charge in [0.05, 0.1) is 28.5 Å². The van der Waals surface area contributed by atoms with Gasteiger partial charge in [0.2, 0.25) is 0 Å². The number of aliphatic carboxylic acids is 1. The Morgan fingerprint density at radius 3 is 2.90 bits per heavy atom. The zero-order valence-electron chi connectivity index (χ0n) is 11.2. The molecule has 3 rings (SSSR count). The van der Waals surface area contributed by atoms with Gasteiger partial charge < -0.3 is 5.11 Å². The Hall–Kier alpha value is -2.54. The minimum absolute atomic E-state index is 0.0923. The van der Waals surface area contributed by atoms with Gasteiger partial charge in [0.25, 0.3) is 0 Å². The maximum atomic E-state index is 11.1. The summed E-state index contributed by atoms with van der Waals surface area (Å²) < 4.78 is 2.63. The summed E-state index contributed by atoms with van der Waals surface area (Å²) in [7, 11) is 1.76. The molecule has 21 heavy (non-hydrogen) atoms. The summed E-state index contributed by atoms with van der Waals surface area (Å²) in [5.74, 6) is -0.893. The molecule has 0 bridgehead atoms. The lowest BCUT2D eigenvalue weighted by molar-refractivity contribution is -0.135. The Bertz CT molecular complexity index is 801. The van der Waals surface area contributed by atoms with Crippen LogP contribution < -0.4 is 0 Å². The Morgan fingerprint density at radius 2 is 2.24 bits per heavy atom. The Kier molecular flexibility index (Phi) is 3.49. The molecule has 0 aliphatic carbocycles. The minimum atomic E-state index is -0.893. The van der Waals surface area contributed by atoms with E-state index in [1.165, 1.54) is 11.3 Å². The van der Waals surface area contributed by atoms with Crippen molar-refractivity contribution in [1.82, 2.24) is 20.0 Å². The van der Waals surface area contributed by atoms with E-state index in [1.807, 2.05) is 24.3 Å². The van der Waals surface area contributed by atoms with Crippen LogP contribution in [0, 0.1) is 0 Å². The number of nitrogens with zero attached hydrogens (tertiary/aromatic N) is 4. The predicted molar refractivity (Wildman–Crippen MR) is 80.7 cm³/mol. The highest BCUT2D eigenvalue weighted by Crippen LogP contribution is 2.29. The van der Waals surface area contributed by atoms with E-state index in [4.69, 9.17) is 5.11 Å². The van der Waals surface area contributed by atoms with Crippen LogP contribution in [-0.4, -0.2) is 31.1 Å². The van der Waals surface area contributed by atoms with Crippen molar-refractivity contribution in [3.05, 3.63) is 41.2 Å². The van der Waals surface area contributed by atoms with Crippen molar-refractivity contribution in [2.24, 2.45) is 7.05 Å². The molecule has 6 nitrogen and oxygen atoms in total. The third-order valence-corrected chi connectivity index (χ3v) is 4.09. The fraction of sp³-hybridized carbons (Fsp3) is 0.143. The van der Waals surface area contributed by atoms with Gasteiger partial charge in [-0.2, -0.15) is 0 Å². The van der Waals surface area contributed by atoms with Crippen LogP contribution in [0.5, 0.6) is 0 Å². The van der Waals surface area contributed by atoms with Crippen LogP contribution in [0.15, 0.2) is 30.5 Å². The Labute approximate surface area is 124 Å². The van der Waals surface area contributed by atoms with Gasteiger partial charge in [0.15, 0.2) is 0 Å². The summed E-state index contributed by atoms with van der Waals surface area (Å²) in [4.78, 5) is 15.6. The molecule has 0 radical (unpaired) electrons. The van der Waals surface area contributed by atoms with Crippen molar-refractivity contribution in [2.75, 3.05) is 0 Å². The first-order valence-corrected chi connectivity index (χ1v) is 7.08. The molecule has 3 aromatic rings. The van der Waals surface area contributed by atoms with Crippen molar-refractivity contribution in [3.8, 4) is 0 Å². The van der Waals surface area contributed by atoms with E-state index in [0.717, 1.165) is 15.9 Å². The molecule has 0 amide bonds. The lowest BCUT2D eigenvalue weighted by atomic mass is 10.1. The van der Waals surface area contributed by atoms with E-state index < -0.39 is 5.97 Å². The number of thiazole rings is 1. The summed E-state index contributed by atoms with van der Waals surface area (Å²) >= 11 is 1.48. The number of aryl methyl sites for hydroxylation is 1. The van der Waals surface area contributed by atoms with Crippen LogP contribution in [0.2, 0.25) is 0 Å². The van der Waals surface area contributed by atoms with Crippen LogP contribution in [0.25, 0.3) is 21.9 Å². The number of hydrogen-bond donors (Lipinski definition) is 1. The van der Waals surface area contributed by atoms with Crippen molar-refractivity contribution in [1.29, 1.82) is 0 Å². The van der Waals surface area contributed by atoms with Gasteiger partial charge in [-0.05, 0) is 18.2 Å². The van der Waals surface area contributed by atoms with Crippen molar-refractivity contribution in [3.63, 3.8) is 0 Å². The van der Waals surface area contributed by atoms with E-state index in [-0.39, 0.29) is 6.42 Å². The van der Waals surface area contributed by atoms with E-state index >= 15 is 0 Å². The summed E-state index contributed by atoms with van der Waals surface area (Å²) in [6, 6.07) is 7.74. The van der Waals surface area contributed by atoms with Gasteiger partial charge >= 0.3 is 5.97 Å². The quantitative estimate of drug-likeness (QED) is 0.800. The molecule has 7 heteroatoms. The second-order valence-electron chi connectivity index (χ2n) is 4.51. The molecule has 0 saturated heterocycles. The first-order valence-electron chi connectivity index (χ1n) is 6.26. The van der Waals surface area contributed by atoms with Gasteiger partial charge in [-0.3, -0.25) is 4.79 Å². The van der Waals surface area contributed by atoms with Crippen molar-refractivity contribution >= 4 is 39.2 Å². The molecule has 106 valence electrons. The molecule has 0 unspecified atom stereocenters. The SMILES string of the molecule is Cn1nncc1/C=C(\CC(=O)O)c1nc2ccccc2s1. The molecular weight excluding hydrogens is 288 g/mol. The Morgan fingerprint density at radius 1 is 1.43 bits per heavy atom. The van der Waals surface area contributed by atoms with Crippen molar-refractivity contribution in [2.45, 2.75) is 6.42 Å². The number of para-hydroxylation sites is 1. The van der Waals surface area contributed by atoms with Gasteiger partial charge in [-0.15, -0.1) is 16.4 Å². The molecule has 0 saturated carbocycles. The largest absolute Gasteiger partial charge is 0.481 e. The fourth-order valence-electron chi connectivity index (χ4n) is 1.97. The number of carboxylic acids is 1. The van der Waals surface area contributed by atoms with Gasteiger partial charge in [0.1, 0.15) is 5.01 Å². The number of carbonyl (C=O) groups is 1. The zero-order chi connectivity index (χ0) is 14.8. The van der Waals surface area contributed by atoms with Crippen LogP contribution in [0.4, 0.5) is 0 Å². The van der Waals surface area contributed by atoms with Crippen LogP contribution >= 0.6 is 11.3 Å². The standard InChI is InChI=1S/C14H12N4O2S/c1-18-10(8-15-17-18)6-9(7-13(19)20)14-16-11-4-2-3-5-12(11)21-14/h2-6,8H,7H2,1H3,(H,19,20)/b9-6+. The molecule has 0 fully saturated rings. The first kappa shape index (κ1) is 13.4. The van der Waals surface area contributed by atoms with Gasteiger partial charge in [0, 0.05) is 12.6 Å². The molecule has 0 aliphatic heterocycles. The molecule has 0 spiro atoms. The zero-order valence-corrected chi connectivity index (χ0v) is 12.0. The maximum Gasteiger partial charge on any atom is 0.307 e. The van der Waals surface area contributed by atoms with Gasteiger partial charge in [-0.25, -0.2) is 9.67 Å². The van der Waals surface area contributed by atoms with Crippen molar-refractivity contribution < 1.29 is 9.90 Å². The van der Waals surface area contributed by atoms with E-state index in [1.54, 1.807) is 24.0 Å². The molecule has 0 aliphatic rings. The third-order valence-electron chi connectivity index (χ3n) is 2.98. The molecule has 0 atom stereocenters. The van der Waals surface area contributed by atoms with E-state index in [2.05, 4.69) is 15.3 Å². The fourth-order valence-corrected chi connectivity index (χ4v) is 2.95. The maximum absolute atomic E-state index is 11.1. The summed E-state index contributed by atoms with van der Waals surface area (Å²) in [5, 5.41) is 17.5. The average Bonchev–Trinajstić information content (AvgIpc) is 3.04. The highest BCUT2D eigenvalue weighted by Gasteiger charge is 2.13. The number of rotatable bonds is 4. The lowest BCUT2D eigenvalue weighted by Crippen LogP contribution is -1.99. The summed E-state index contributed by atoms with van der Waals surface area (Å²) in [5.41, 5.74) is 2.26. The monoisotopic (exact) mass is 300 g/mol. The molecule has 2 aromatic heterocycles. The number of carboxylic acid groups (broad SMARTS) is 1. The predicted octanol–water partition coefficient (Wildman–Crippen LogP) is 2.44. The number of aromatic nitrogens is 4. The van der Waals surface area contributed by atoms with Gasteiger partial charge in [-0.1, -0.05) is 17.3 Å². The number of hydrogen-bond acceptors (Lipinski definition) is 5. The minimum Gasteiger partial charge on any atom is -0.481 e. The molecule has 2 heterocycles. The molecule has 1 N–H and O–H groups in total. The first-order chi connectivity index (χ1) is 10.1. The van der Waals surface area contributed by atoms with Crippen LogP contribution in [-0.2, 0) is 11.8 Å². The second-order valence-corrected chi connectivity index (χ2v) is 5.54. The highest BCUT2D eigenvalue weighted by molar-refractivity contribution is 7.19. The van der Waals surface area contributed by atoms with Crippen LogP contribution in [0.3, 0.4) is 0 Å². The second kappa shape index (κ2) is 5.45. The number of fused-ring (bicyclic) bond motifs is 1. The lowest BCUT2D eigenvalue weighted by Gasteiger charge is -2.01. The topological polar surface area (TPSA) is 80.9 Å². The normalized spacial score (nSPS) is 12.0. The summed E-state index contributed by atoms with van der Waals surface area (Å²) in [6.45, 7) is 0. The molecular formula is C14H12N4O2S. The number of benzene rings is 1. The summed E-state index contributed by atoms with van der Waals surface area (Å²) in [6.07, 6.45) is 3.27. The smallest absolute Gasteiger partial charge is 0.307 e. The third kappa shape index (κ3) is 2.82. The van der Waals surface area contributed by atoms with E-state index in [9.17, 15) is 4.79 Å². The highest BCUT2D eigenvalue weighted by atomic mass is 32.1. The molecule has 1 aromatic carbocycles. The Balaban J connectivity index is 2.08. The average molecular weight is 300 g/mol. The van der Waals surface area contributed by atoms with Crippen LogP contribution in [0.1, 0.15) is 17.1 Å². The van der Waals surface area contributed by atoms with E-state index in [0.29, 0.717) is 10.6 Å².